The van der Waals surface area contributed by atoms with Crippen LogP contribution in [0.25, 0.3) is 0 Å². The minimum atomic E-state index is 0. The summed E-state index contributed by atoms with van der Waals surface area (Å²) in [4.78, 5) is 14.7. The predicted molar refractivity (Wildman–Crippen MR) is 99.9 cm³/mol. The molecular weight excluding hydrogens is 340 g/mol. The van der Waals surface area contributed by atoms with E-state index < -0.39 is 0 Å². The van der Waals surface area contributed by atoms with Crippen LogP contribution in [0.3, 0.4) is 0 Å². The standard InChI is InChI=1S/C19H28N2O3.ClH/c1-21(11-12-6-7-16(22)17(8-12)24-2)19(23)15-9-13-4-3-5-14(10-15)18(13)20;/h6-8,13-15,18,22H,3-5,9-11,20H2,1-2H3;1H. The number of phenolic OH excluding ortho intramolecular Hbond substituents is 1. The lowest BCUT2D eigenvalue weighted by Crippen LogP contribution is -2.49. The number of aromatic hydroxyl groups is 1. The number of carbonyl (C=O) groups excluding carboxylic acids is 1. The number of benzene rings is 1. The molecule has 1 aromatic carbocycles. The van der Waals surface area contributed by atoms with E-state index in [0.29, 0.717) is 24.1 Å². The Labute approximate surface area is 155 Å². The lowest BCUT2D eigenvalue weighted by molar-refractivity contribution is -0.137. The maximum atomic E-state index is 12.9. The van der Waals surface area contributed by atoms with Gasteiger partial charge in [0, 0.05) is 25.6 Å². The van der Waals surface area contributed by atoms with Crippen molar-refractivity contribution in [3.05, 3.63) is 23.8 Å². The fraction of sp³-hybridized carbons (Fsp3) is 0.632. The average Bonchev–Trinajstić information content (AvgIpc) is 2.55. The number of ether oxygens (including phenoxy) is 1. The van der Waals surface area contributed by atoms with Crippen LogP contribution in [0.4, 0.5) is 0 Å². The molecule has 0 heterocycles. The van der Waals surface area contributed by atoms with Crippen molar-refractivity contribution < 1.29 is 14.6 Å². The van der Waals surface area contributed by atoms with Crippen LogP contribution in [0.2, 0.25) is 0 Å². The second kappa shape index (κ2) is 8.28. The Morgan fingerprint density at radius 1 is 1.32 bits per heavy atom. The predicted octanol–water partition coefficient (Wildman–Crippen LogP) is 2.93. The summed E-state index contributed by atoms with van der Waals surface area (Å²) in [6, 6.07) is 5.50. The van der Waals surface area contributed by atoms with Crippen molar-refractivity contribution in [1.29, 1.82) is 0 Å². The zero-order valence-electron chi connectivity index (χ0n) is 15.0. The Hall–Kier alpha value is -1.46. The Bertz CT molecular complexity index is 596. The second-order valence-corrected chi connectivity index (χ2v) is 7.40. The molecule has 2 aliphatic carbocycles. The van der Waals surface area contributed by atoms with Crippen LogP contribution in [0.1, 0.15) is 37.7 Å². The van der Waals surface area contributed by atoms with Gasteiger partial charge in [0.05, 0.1) is 7.11 Å². The number of fused-ring (bicyclic) bond motifs is 2. The van der Waals surface area contributed by atoms with Crippen LogP contribution in [0.15, 0.2) is 18.2 Å². The molecule has 2 atom stereocenters. The Morgan fingerprint density at radius 2 is 1.96 bits per heavy atom. The number of phenols is 1. The van der Waals surface area contributed by atoms with Crippen molar-refractivity contribution in [1.82, 2.24) is 4.90 Å². The van der Waals surface area contributed by atoms with Crippen molar-refractivity contribution in [2.24, 2.45) is 23.5 Å². The van der Waals surface area contributed by atoms with Gasteiger partial charge in [0.1, 0.15) is 0 Å². The lowest BCUT2D eigenvalue weighted by Gasteiger charge is -2.44. The van der Waals surface area contributed by atoms with E-state index in [9.17, 15) is 9.90 Å². The molecule has 0 aliphatic heterocycles. The first kappa shape index (κ1) is 19.9. The second-order valence-electron chi connectivity index (χ2n) is 7.40. The third-order valence-corrected chi connectivity index (χ3v) is 5.80. The van der Waals surface area contributed by atoms with Gasteiger partial charge in [-0.25, -0.2) is 0 Å². The van der Waals surface area contributed by atoms with E-state index in [4.69, 9.17) is 10.5 Å². The van der Waals surface area contributed by atoms with E-state index in [1.54, 1.807) is 17.0 Å². The van der Waals surface area contributed by atoms with E-state index in [1.807, 2.05) is 13.1 Å². The average molecular weight is 369 g/mol. The highest BCUT2D eigenvalue weighted by atomic mass is 35.5. The third-order valence-electron chi connectivity index (χ3n) is 5.80. The van der Waals surface area contributed by atoms with Gasteiger partial charge in [0.2, 0.25) is 5.91 Å². The quantitative estimate of drug-likeness (QED) is 0.856. The Balaban J connectivity index is 0.00000225. The number of nitrogens with two attached hydrogens (primary N) is 1. The van der Waals surface area contributed by atoms with Gasteiger partial charge in [-0.15, -0.1) is 12.4 Å². The van der Waals surface area contributed by atoms with Gasteiger partial charge in [0.15, 0.2) is 11.5 Å². The highest BCUT2D eigenvalue weighted by Crippen LogP contribution is 2.42. The van der Waals surface area contributed by atoms with Gasteiger partial charge in [-0.05, 0) is 55.2 Å². The monoisotopic (exact) mass is 368 g/mol. The summed E-state index contributed by atoms with van der Waals surface area (Å²) >= 11 is 0. The molecule has 0 saturated heterocycles. The zero-order chi connectivity index (χ0) is 17.3. The molecule has 2 saturated carbocycles. The molecule has 1 amide bonds. The molecule has 0 aromatic heterocycles. The van der Waals surface area contributed by atoms with Crippen LogP contribution in [0, 0.1) is 17.8 Å². The molecular formula is C19H29ClN2O3. The summed E-state index contributed by atoms with van der Waals surface area (Å²) in [6.07, 6.45) is 5.45. The van der Waals surface area contributed by atoms with Crippen LogP contribution >= 0.6 is 12.4 Å². The number of halogens is 1. The minimum absolute atomic E-state index is 0. The minimum Gasteiger partial charge on any atom is -0.504 e. The Kier molecular flexibility index (Phi) is 6.58. The van der Waals surface area contributed by atoms with E-state index in [1.165, 1.54) is 26.4 Å². The number of rotatable bonds is 4. The van der Waals surface area contributed by atoms with Gasteiger partial charge >= 0.3 is 0 Å². The van der Waals surface area contributed by atoms with Gasteiger partial charge in [-0.1, -0.05) is 12.5 Å². The van der Waals surface area contributed by atoms with Crippen molar-refractivity contribution >= 4 is 18.3 Å². The molecule has 1 aromatic rings. The van der Waals surface area contributed by atoms with Crippen LogP contribution < -0.4 is 10.5 Å². The van der Waals surface area contributed by atoms with Crippen LogP contribution in [-0.4, -0.2) is 36.1 Å². The molecule has 140 valence electrons. The topological polar surface area (TPSA) is 75.8 Å². The van der Waals surface area contributed by atoms with E-state index in [-0.39, 0.29) is 36.0 Å². The SMILES string of the molecule is COc1cc(CN(C)C(=O)C2CC3CCCC(C2)C3N)ccc1O.Cl. The number of hydrogen-bond acceptors (Lipinski definition) is 4. The van der Waals surface area contributed by atoms with E-state index in [2.05, 4.69) is 0 Å². The van der Waals surface area contributed by atoms with Crippen molar-refractivity contribution in [3.8, 4) is 11.5 Å². The fourth-order valence-electron chi connectivity index (χ4n) is 4.47. The van der Waals surface area contributed by atoms with Crippen LogP contribution in [0.5, 0.6) is 11.5 Å². The molecule has 0 radical (unpaired) electrons. The smallest absolute Gasteiger partial charge is 0.225 e. The normalized spacial score (nSPS) is 28.0. The largest absolute Gasteiger partial charge is 0.504 e. The highest BCUT2D eigenvalue weighted by molar-refractivity contribution is 5.85. The summed E-state index contributed by atoms with van der Waals surface area (Å²) in [7, 11) is 3.38. The molecule has 2 fully saturated rings. The first-order valence-corrected chi connectivity index (χ1v) is 8.86. The van der Waals surface area contributed by atoms with Gasteiger partial charge in [-0.2, -0.15) is 0 Å². The first-order chi connectivity index (χ1) is 11.5. The summed E-state index contributed by atoms with van der Waals surface area (Å²) in [5.74, 6) is 1.88. The van der Waals surface area contributed by atoms with E-state index in [0.717, 1.165) is 18.4 Å². The summed E-state index contributed by atoms with van der Waals surface area (Å²) < 4.78 is 5.14. The van der Waals surface area contributed by atoms with Gasteiger partial charge in [0.25, 0.3) is 0 Å². The van der Waals surface area contributed by atoms with Crippen LogP contribution in [-0.2, 0) is 11.3 Å². The van der Waals surface area contributed by atoms with Gasteiger partial charge < -0.3 is 20.5 Å². The molecule has 5 nitrogen and oxygen atoms in total. The highest BCUT2D eigenvalue weighted by Gasteiger charge is 2.41. The van der Waals surface area contributed by atoms with Crippen molar-refractivity contribution in [2.45, 2.75) is 44.7 Å². The third kappa shape index (κ3) is 4.21. The zero-order valence-corrected chi connectivity index (χ0v) is 15.8. The number of methoxy groups -OCH3 is 1. The van der Waals surface area contributed by atoms with Crippen molar-refractivity contribution in [2.75, 3.05) is 14.2 Å². The first-order valence-electron chi connectivity index (χ1n) is 8.86. The molecule has 0 spiro atoms. The van der Waals surface area contributed by atoms with Gasteiger partial charge in [-0.3, -0.25) is 4.79 Å². The molecule has 3 rings (SSSR count). The molecule has 6 heteroatoms. The van der Waals surface area contributed by atoms with E-state index >= 15 is 0 Å². The summed E-state index contributed by atoms with van der Waals surface area (Å²) in [6.45, 7) is 0.521. The number of nitrogens with zero attached hydrogens (tertiary/aromatic N) is 1. The lowest BCUT2D eigenvalue weighted by atomic mass is 9.65. The molecule has 2 unspecified atom stereocenters. The molecule has 2 bridgehead atoms. The fourth-order valence-corrected chi connectivity index (χ4v) is 4.47. The van der Waals surface area contributed by atoms with Crippen molar-refractivity contribution in [3.63, 3.8) is 0 Å². The molecule has 2 aliphatic rings. The summed E-state index contributed by atoms with van der Waals surface area (Å²) in [5, 5.41) is 9.68. The summed E-state index contributed by atoms with van der Waals surface area (Å²) in [5.41, 5.74) is 7.28. The molecule has 25 heavy (non-hydrogen) atoms. The maximum Gasteiger partial charge on any atom is 0.225 e. The molecule has 3 N–H and O–H groups in total. The number of hydrogen-bond donors (Lipinski definition) is 2. The maximum absolute atomic E-state index is 12.9. The number of amides is 1. The number of carbonyl (C=O) groups is 1. The Morgan fingerprint density at radius 3 is 2.56 bits per heavy atom.